The number of thiazole rings is 2. The summed E-state index contributed by atoms with van der Waals surface area (Å²) in [6, 6.07) is 0. The van der Waals surface area contributed by atoms with Crippen LogP contribution in [0.5, 0.6) is 0 Å². The summed E-state index contributed by atoms with van der Waals surface area (Å²) in [5, 5.41) is 7.49. The van der Waals surface area contributed by atoms with Crippen molar-refractivity contribution in [2.45, 2.75) is 13.0 Å². The van der Waals surface area contributed by atoms with Gasteiger partial charge in [-0.1, -0.05) is 0 Å². The fourth-order valence-electron chi connectivity index (χ4n) is 1.12. The molecule has 3 nitrogen and oxygen atoms in total. The molecule has 2 heterocycles. The van der Waals surface area contributed by atoms with Crippen molar-refractivity contribution in [1.82, 2.24) is 15.3 Å². The zero-order chi connectivity index (χ0) is 9.64. The van der Waals surface area contributed by atoms with E-state index in [0.717, 1.165) is 25.2 Å². The number of hydrogen-bond donors (Lipinski definition) is 1. The van der Waals surface area contributed by atoms with Gasteiger partial charge in [-0.25, -0.2) is 9.97 Å². The van der Waals surface area contributed by atoms with Crippen molar-refractivity contribution in [2.24, 2.45) is 0 Å². The first-order chi connectivity index (χ1) is 6.95. The zero-order valence-corrected chi connectivity index (χ0v) is 9.27. The third-order valence-electron chi connectivity index (χ3n) is 1.83. The van der Waals surface area contributed by atoms with Crippen LogP contribution in [0, 0.1) is 0 Å². The Morgan fingerprint density at radius 3 is 2.43 bits per heavy atom. The average Bonchev–Trinajstić information content (AvgIpc) is 2.86. The molecule has 0 unspecified atom stereocenters. The molecule has 0 saturated carbocycles. The van der Waals surface area contributed by atoms with Crippen LogP contribution in [0.25, 0.3) is 0 Å². The molecule has 2 aromatic heterocycles. The van der Waals surface area contributed by atoms with Gasteiger partial charge in [-0.3, -0.25) is 0 Å². The quantitative estimate of drug-likeness (QED) is 0.790. The highest BCUT2D eigenvalue weighted by atomic mass is 32.1. The van der Waals surface area contributed by atoms with Crippen molar-refractivity contribution in [3.05, 3.63) is 33.2 Å². The molecular weight excluding hydrogens is 214 g/mol. The van der Waals surface area contributed by atoms with Crippen molar-refractivity contribution < 1.29 is 0 Å². The first-order valence-corrected chi connectivity index (χ1v) is 6.28. The summed E-state index contributed by atoms with van der Waals surface area (Å²) in [7, 11) is 0. The van der Waals surface area contributed by atoms with E-state index in [-0.39, 0.29) is 0 Å². The van der Waals surface area contributed by atoms with Gasteiger partial charge in [0.2, 0.25) is 0 Å². The first kappa shape index (κ1) is 9.76. The smallest absolute Gasteiger partial charge is 0.0795 e. The summed E-state index contributed by atoms with van der Waals surface area (Å²) in [4.78, 5) is 8.41. The zero-order valence-electron chi connectivity index (χ0n) is 7.64. The van der Waals surface area contributed by atoms with Crippen molar-refractivity contribution in [2.75, 3.05) is 6.54 Å². The van der Waals surface area contributed by atoms with Gasteiger partial charge in [0.25, 0.3) is 0 Å². The molecule has 74 valence electrons. The molecule has 0 aromatic carbocycles. The Kier molecular flexibility index (Phi) is 3.62. The molecule has 5 heteroatoms. The van der Waals surface area contributed by atoms with Gasteiger partial charge in [0.1, 0.15) is 0 Å². The van der Waals surface area contributed by atoms with Crippen LogP contribution in [-0.4, -0.2) is 16.5 Å². The Morgan fingerprint density at radius 2 is 1.79 bits per heavy atom. The lowest BCUT2D eigenvalue weighted by molar-refractivity contribution is 0.672. The third kappa shape index (κ3) is 2.87. The number of aromatic nitrogens is 2. The van der Waals surface area contributed by atoms with Crippen LogP contribution >= 0.6 is 22.7 Å². The van der Waals surface area contributed by atoms with E-state index in [1.807, 2.05) is 11.0 Å². The van der Waals surface area contributed by atoms with E-state index < -0.39 is 0 Å². The molecule has 0 aliphatic heterocycles. The maximum Gasteiger partial charge on any atom is 0.0795 e. The van der Waals surface area contributed by atoms with E-state index in [1.54, 1.807) is 22.7 Å². The Balaban J connectivity index is 1.65. The molecule has 0 fully saturated rings. The van der Waals surface area contributed by atoms with Crippen LogP contribution in [-0.2, 0) is 13.0 Å². The monoisotopic (exact) mass is 225 g/mol. The minimum absolute atomic E-state index is 0.855. The summed E-state index contributed by atoms with van der Waals surface area (Å²) in [5.74, 6) is 0. The molecule has 0 saturated heterocycles. The average molecular weight is 225 g/mol. The standard InChI is InChI=1S/C9H11N3S2/c1(8-4-13-6-11-8)2-10-3-9-5-14-7-12-9/h4-7,10H,1-3H2. The summed E-state index contributed by atoms with van der Waals surface area (Å²) in [6.07, 6.45) is 0.994. The molecular formula is C9H11N3S2. The van der Waals surface area contributed by atoms with E-state index in [0.29, 0.717) is 0 Å². The van der Waals surface area contributed by atoms with Gasteiger partial charge in [0, 0.05) is 30.3 Å². The van der Waals surface area contributed by atoms with E-state index in [4.69, 9.17) is 0 Å². The minimum Gasteiger partial charge on any atom is -0.311 e. The molecule has 14 heavy (non-hydrogen) atoms. The first-order valence-electron chi connectivity index (χ1n) is 4.40. The minimum atomic E-state index is 0.855. The summed E-state index contributed by atoms with van der Waals surface area (Å²) in [6.45, 7) is 1.81. The Hall–Kier alpha value is -0.780. The SMILES string of the molecule is c1nc(CCNCc2cscn2)cs1. The van der Waals surface area contributed by atoms with Crippen LogP contribution in [0.15, 0.2) is 21.8 Å². The molecule has 2 aromatic rings. The lowest BCUT2D eigenvalue weighted by atomic mass is 10.3. The van der Waals surface area contributed by atoms with Crippen LogP contribution in [0.1, 0.15) is 11.4 Å². The highest BCUT2D eigenvalue weighted by Crippen LogP contribution is 2.02. The Morgan fingerprint density at radius 1 is 1.07 bits per heavy atom. The molecule has 0 aliphatic carbocycles. The van der Waals surface area contributed by atoms with Gasteiger partial charge in [-0.05, 0) is 0 Å². The number of hydrogen-bond acceptors (Lipinski definition) is 5. The van der Waals surface area contributed by atoms with Gasteiger partial charge in [-0.2, -0.15) is 0 Å². The predicted octanol–water partition coefficient (Wildman–Crippen LogP) is 1.93. The van der Waals surface area contributed by atoms with Gasteiger partial charge in [0.15, 0.2) is 0 Å². The molecule has 0 atom stereocenters. The lowest BCUT2D eigenvalue weighted by Gasteiger charge is -1.99. The molecule has 2 rings (SSSR count). The largest absolute Gasteiger partial charge is 0.311 e. The summed E-state index contributed by atoms with van der Waals surface area (Å²) >= 11 is 3.28. The van der Waals surface area contributed by atoms with Crippen LogP contribution in [0.4, 0.5) is 0 Å². The molecule has 0 bridgehead atoms. The predicted molar refractivity (Wildman–Crippen MR) is 59.6 cm³/mol. The van der Waals surface area contributed by atoms with Gasteiger partial charge in [0.05, 0.1) is 22.4 Å². The van der Waals surface area contributed by atoms with E-state index >= 15 is 0 Å². The van der Waals surface area contributed by atoms with Crippen molar-refractivity contribution in [1.29, 1.82) is 0 Å². The lowest BCUT2D eigenvalue weighted by Crippen LogP contribution is -2.16. The third-order valence-corrected chi connectivity index (χ3v) is 3.10. The fraction of sp³-hybridized carbons (Fsp3) is 0.333. The van der Waals surface area contributed by atoms with Crippen molar-refractivity contribution >= 4 is 22.7 Å². The molecule has 0 amide bonds. The van der Waals surface area contributed by atoms with Crippen molar-refractivity contribution in [3.8, 4) is 0 Å². The maximum absolute atomic E-state index is 4.22. The second-order valence-electron chi connectivity index (χ2n) is 2.89. The maximum atomic E-state index is 4.22. The van der Waals surface area contributed by atoms with E-state index in [2.05, 4.69) is 26.0 Å². The van der Waals surface area contributed by atoms with Crippen LogP contribution in [0.2, 0.25) is 0 Å². The fourth-order valence-corrected chi connectivity index (χ4v) is 2.27. The van der Waals surface area contributed by atoms with Crippen LogP contribution in [0.3, 0.4) is 0 Å². The molecule has 0 aliphatic rings. The Bertz CT molecular complexity index is 306. The van der Waals surface area contributed by atoms with E-state index in [1.165, 1.54) is 5.69 Å². The Labute approximate surface area is 90.9 Å². The number of rotatable bonds is 5. The van der Waals surface area contributed by atoms with Gasteiger partial charge in [-0.15, -0.1) is 22.7 Å². The molecule has 0 radical (unpaired) electrons. The second kappa shape index (κ2) is 5.19. The number of nitrogens with zero attached hydrogens (tertiary/aromatic N) is 2. The topological polar surface area (TPSA) is 37.8 Å². The van der Waals surface area contributed by atoms with Crippen LogP contribution < -0.4 is 5.32 Å². The van der Waals surface area contributed by atoms with Crippen molar-refractivity contribution in [3.63, 3.8) is 0 Å². The normalized spacial score (nSPS) is 10.6. The second-order valence-corrected chi connectivity index (χ2v) is 4.32. The molecule has 0 spiro atoms. The summed E-state index contributed by atoms with van der Waals surface area (Å²) in [5.41, 5.74) is 6.02. The van der Waals surface area contributed by atoms with Gasteiger partial charge < -0.3 is 5.32 Å². The number of nitrogens with one attached hydrogen (secondary N) is 1. The van der Waals surface area contributed by atoms with E-state index in [9.17, 15) is 0 Å². The highest BCUT2D eigenvalue weighted by Gasteiger charge is 1.96. The summed E-state index contributed by atoms with van der Waals surface area (Å²) < 4.78 is 0. The molecule has 1 N–H and O–H groups in total. The van der Waals surface area contributed by atoms with Gasteiger partial charge >= 0.3 is 0 Å². The highest BCUT2D eigenvalue weighted by molar-refractivity contribution is 7.07.